The molecule has 6 atom stereocenters. The van der Waals surface area contributed by atoms with E-state index in [1.165, 1.54) is 63.1 Å². The van der Waals surface area contributed by atoms with Crippen molar-refractivity contribution in [2.24, 2.45) is 11.8 Å². The normalized spacial score (nSPS) is 26.1. The SMILES string of the molecule is CC1=CNCCCN1.CC1=CNCCNC1.CC1C=CNCCN1.CC1CCNC=CN1.CC1CCNC=CN1.CC1CNC=CCN1.CC1CNC=CNC1.CC1CNCC=CN1.CC1CNCCCN1.CC1CNCCNC1. The van der Waals surface area contributed by atoms with E-state index in [2.05, 4.69) is 200 Å². The van der Waals surface area contributed by atoms with Crippen molar-refractivity contribution in [3.05, 3.63) is 97.7 Å². The first-order valence-corrected chi connectivity index (χ1v) is 30.8. The lowest BCUT2D eigenvalue weighted by Gasteiger charge is -2.07. The molecule has 10 heterocycles. The maximum absolute atomic E-state index is 3.38. The lowest BCUT2D eigenvalue weighted by atomic mass is 10.2. The van der Waals surface area contributed by atoms with E-state index >= 15 is 0 Å². The van der Waals surface area contributed by atoms with Crippen molar-refractivity contribution >= 4 is 0 Å². The van der Waals surface area contributed by atoms with Gasteiger partial charge in [0.25, 0.3) is 0 Å². The monoisotopic (exact) mass is 1130 g/mol. The Hall–Kier alpha value is -4.80. The standard InChI is InChI=1S/C6H14N2.5C6H12N2.C6H14N2.3C6H12N2/c3*1-6-4-7-2-3-8-5-6;3*1-6-2-3-7-4-5-8-6;4*1-6-5-7-3-2-4-8-6/h6-8H,2-5H2,1H3;4,7-8H,2-3,5H2,1H3;2-3,6-8H,4-5H2,1H3;2*4-8H,2-3H2,1H3;2-3,6-8H,4-5H2,1H3;6-8H,2-5H2,1H3;5,7-8H,2-4H2,1H3;2,4,6-8H,3,5H2,1H3;2-3,6-8H,4-5H2,1H3. The number of nitrogens with one attached hydrogen (secondary N) is 20. The van der Waals surface area contributed by atoms with E-state index in [4.69, 9.17) is 0 Å². The number of hydrogen-bond acceptors (Lipinski definition) is 20. The van der Waals surface area contributed by atoms with Gasteiger partial charge in [-0.25, -0.2) is 0 Å². The highest BCUT2D eigenvalue weighted by Gasteiger charge is 2.05. The Morgan fingerprint density at radius 1 is 0.350 bits per heavy atom. The summed E-state index contributed by atoms with van der Waals surface area (Å²) in [4.78, 5) is 0. The number of hydrogen-bond donors (Lipinski definition) is 20. The lowest BCUT2D eigenvalue weighted by molar-refractivity contribution is 0.545. The van der Waals surface area contributed by atoms with Crippen LogP contribution in [0.25, 0.3) is 0 Å². The van der Waals surface area contributed by atoms with Gasteiger partial charge in [0.05, 0.1) is 0 Å². The van der Waals surface area contributed by atoms with Crippen LogP contribution >= 0.6 is 0 Å². The van der Waals surface area contributed by atoms with Crippen molar-refractivity contribution in [2.45, 2.75) is 131 Å². The molecule has 10 rings (SSSR count). The maximum atomic E-state index is 3.38. The Labute approximate surface area is 489 Å². The van der Waals surface area contributed by atoms with Crippen LogP contribution in [0.15, 0.2) is 97.7 Å². The molecule has 20 N–H and O–H groups in total. The zero-order chi connectivity index (χ0) is 58.2. The van der Waals surface area contributed by atoms with Gasteiger partial charge in [-0.05, 0) is 149 Å². The van der Waals surface area contributed by atoms with Crippen molar-refractivity contribution in [2.75, 3.05) is 144 Å². The molecule has 80 heavy (non-hydrogen) atoms. The van der Waals surface area contributed by atoms with Gasteiger partial charge in [0.2, 0.25) is 0 Å². The molecule has 0 bridgehead atoms. The van der Waals surface area contributed by atoms with E-state index in [0.717, 1.165) is 130 Å². The van der Waals surface area contributed by atoms with E-state index in [-0.39, 0.29) is 0 Å². The molecule has 0 radical (unpaired) electrons. The van der Waals surface area contributed by atoms with Crippen LogP contribution in [-0.4, -0.2) is 180 Å². The predicted octanol–water partition coefficient (Wildman–Crippen LogP) is 1.68. The van der Waals surface area contributed by atoms with Crippen LogP contribution in [0.4, 0.5) is 0 Å². The Morgan fingerprint density at radius 3 is 1.61 bits per heavy atom. The van der Waals surface area contributed by atoms with E-state index < -0.39 is 0 Å². The van der Waals surface area contributed by atoms with Gasteiger partial charge < -0.3 is 106 Å². The van der Waals surface area contributed by atoms with Gasteiger partial charge in [-0.3, -0.25) is 0 Å². The van der Waals surface area contributed by atoms with E-state index in [0.29, 0.717) is 36.3 Å². The van der Waals surface area contributed by atoms with Crippen molar-refractivity contribution < 1.29 is 0 Å². The Bertz CT molecular complexity index is 1460. The summed E-state index contributed by atoms with van der Waals surface area (Å²) in [6, 6.07) is 3.63. The molecule has 2 fully saturated rings. The van der Waals surface area contributed by atoms with Crippen molar-refractivity contribution in [1.82, 2.24) is 106 Å². The molecule has 0 aromatic heterocycles. The zero-order valence-corrected chi connectivity index (χ0v) is 52.1. The molecular formula is C60H124N20. The largest absolute Gasteiger partial charge is 0.390 e. The minimum Gasteiger partial charge on any atom is -0.390 e. The summed E-state index contributed by atoms with van der Waals surface area (Å²) in [5.74, 6) is 1.54. The highest BCUT2D eigenvalue weighted by molar-refractivity contribution is 5.00. The van der Waals surface area contributed by atoms with Gasteiger partial charge in [-0.1, -0.05) is 32.1 Å². The second kappa shape index (κ2) is 54.8. The van der Waals surface area contributed by atoms with E-state index in [1.54, 1.807) is 0 Å². The van der Waals surface area contributed by atoms with Crippen molar-refractivity contribution in [3.63, 3.8) is 0 Å². The van der Waals surface area contributed by atoms with Gasteiger partial charge in [0.1, 0.15) is 0 Å². The molecule has 10 aliphatic rings. The van der Waals surface area contributed by atoms with Crippen molar-refractivity contribution in [1.29, 1.82) is 0 Å². The summed E-state index contributed by atoms with van der Waals surface area (Å²) < 4.78 is 0. The summed E-state index contributed by atoms with van der Waals surface area (Å²) >= 11 is 0. The topological polar surface area (TPSA) is 241 Å². The van der Waals surface area contributed by atoms with Gasteiger partial charge >= 0.3 is 0 Å². The van der Waals surface area contributed by atoms with Gasteiger partial charge in [0, 0.05) is 203 Å². The fourth-order valence-electron chi connectivity index (χ4n) is 7.80. The highest BCUT2D eigenvalue weighted by atomic mass is 15.0. The minimum absolute atomic E-state index is 0.532. The van der Waals surface area contributed by atoms with E-state index in [1.807, 2.05) is 62.0 Å². The van der Waals surface area contributed by atoms with Crippen LogP contribution < -0.4 is 106 Å². The van der Waals surface area contributed by atoms with Crippen LogP contribution in [0.2, 0.25) is 0 Å². The second-order valence-corrected chi connectivity index (χ2v) is 22.0. The molecule has 0 aromatic carbocycles. The Morgan fingerprint density at radius 2 is 0.900 bits per heavy atom. The van der Waals surface area contributed by atoms with Crippen molar-refractivity contribution in [3.8, 4) is 0 Å². The van der Waals surface area contributed by atoms with Crippen LogP contribution in [0.3, 0.4) is 0 Å². The first kappa shape index (κ1) is 73.2. The molecule has 0 aromatic rings. The summed E-state index contributed by atoms with van der Waals surface area (Å²) in [6.07, 6.45) is 33.0. The smallest absolute Gasteiger partial charge is 0.0352 e. The summed E-state index contributed by atoms with van der Waals surface area (Å²) in [7, 11) is 0. The molecule has 0 aliphatic carbocycles. The summed E-state index contributed by atoms with van der Waals surface area (Å²) in [5.41, 5.74) is 2.62. The molecule has 10 aliphatic heterocycles. The first-order chi connectivity index (χ1) is 38.9. The predicted molar refractivity (Wildman–Crippen MR) is 346 cm³/mol. The average Bonchev–Trinajstić information content (AvgIpc) is 4.26. The third kappa shape index (κ3) is 52.6. The van der Waals surface area contributed by atoms with E-state index in [9.17, 15) is 0 Å². The molecule has 20 heteroatoms. The minimum atomic E-state index is 0.532. The fourth-order valence-corrected chi connectivity index (χ4v) is 7.80. The summed E-state index contributed by atoms with van der Waals surface area (Å²) in [5, 5.41) is 64.5. The molecule has 20 nitrogen and oxygen atoms in total. The van der Waals surface area contributed by atoms with Crippen LogP contribution in [0.1, 0.15) is 94.9 Å². The number of allylic oxidation sites excluding steroid dienone is 1. The Kier molecular flexibility index (Phi) is 50.1. The molecule has 0 amide bonds. The maximum Gasteiger partial charge on any atom is 0.0352 e. The second-order valence-electron chi connectivity index (χ2n) is 22.0. The highest BCUT2D eigenvalue weighted by Crippen LogP contribution is 1.95. The number of rotatable bonds is 0. The molecule has 0 saturated carbocycles. The molecule has 6 unspecified atom stereocenters. The molecule has 464 valence electrons. The lowest BCUT2D eigenvalue weighted by Crippen LogP contribution is -2.31. The van der Waals surface area contributed by atoms with Crippen LogP contribution in [0, 0.1) is 11.8 Å². The summed E-state index contributed by atoms with van der Waals surface area (Å²) in [6.45, 7) is 45.7. The van der Waals surface area contributed by atoms with Gasteiger partial charge in [-0.15, -0.1) is 0 Å². The van der Waals surface area contributed by atoms with Gasteiger partial charge in [0.15, 0.2) is 0 Å². The average molecular weight is 1130 g/mol. The first-order valence-electron chi connectivity index (χ1n) is 30.8. The Balaban J connectivity index is 0.000000444. The van der Waals surface area contributed by atoms with Gasteiger partial charge in [-0.2, -0.15) is 0 Å². The fraction of sp³-hybridized carbons (Fsp3) is 0.733. The quantitative estimate of drug-likeness (QED) is 0.165. The van der Waals surface area contributed by atoms with Crippen LogP contribution in [0.5, 0.6) is 0 Å². The zero-order valence-electron chi connectivity index (χ0n) is 52.1. The molecule has 2 saturated heterocycles. The third-order valence-electron chi connectivity index (χ3n) is 12.9. The molecular weight excluding hydrogens is 1000 g/mol. The third-order valence-corrected chi connectivity index (χ3v) is 12.9. The van der Waals surface area contributed by atoms with Crippen LogP contribution in [-0.2, 0) is 0 Å². The molecule has 0 spiro atoms.